The van der Waals surface area contributed by atoms with Crippen LogP contribution < -0.4 is 0 Å². The van der Waals surface area contributed by atoms with Crippen LogP contribution in [0.1, 0.15) is 0 Å². The van der Waals surface area contributed by atoms with Crippen LogP contribution in [0, 0.1) is 0 Å². The summed E-state index contributed by atoms with van der Waals surface area (Å²) in [5, 5.41) is 4.39. The van der Waals surface area contributed by atoms with Gasteiger partial charge >= 0.3 is 0 Å². The monoisotopic (exact) mass is 86.0 g/mol. The van der Waals surface area contributed by atoms with E-state index < -0.39 is 0 Å². The van der Waals surface area contributed by atoms with Crippen LogP contribution >= 0.6 is 10.5 Å². The Bertz CT molecular complexity index is 89.8. The number of hydrogen-bond donors (Lipinski definition) is 0. The quantitative estimate of drug-likeness (QED) is 0.389. The molecular weight excluding hydrogens is 80.1 g/mol. The summed E-state index contributed by atoms with van der Waals surface area (Å²) in [6.07, 6.45) is 4.28. The molecule has 0 spiro atoms. The Hall–Kier alpha value is -0.0400. The fourth-order valence-corrected chi connectivity index (χ4v) is 0.707. The van der Waals surface area contributed by atoms with Crippen LogP contribution in [0.3, 0.4) is 0 Å². The summed E-state index contributed by atoms with van der Waals surface area (Å²) in [6.45, 7) is 0. The maximum absolute atomic E-state index is 2.19. The van der Waals surface area contributed by atoms with Gasteiger partial charge in [-0.1, -0.05) is 6.08 Å². The minimum absolute atomic E-state index is 0.552. The van der Waals surface area contributed by atoms with Crippen LogP contribution in [-0.4, -0.2) is 11.6 Å². The molecule has 0 amide bonds. The molecule has 0 nitrogen and oxygen atoms in total. The maximum atomic E-state index is 2.19. The first-order chi connectivity index (χ1) is 2.39. The predicted octanol–water partition coefficient (Wildman–Crippen LogP) is 1.21. The standard InChI is InChI=1S/C4H6S/c1-5-3-2-4-5/h2-4H,1H3. The van der Waals surface area contributed by atoms with E-state index in [1.807, 2.05) is 0 Å². The highest BCUT2D eigenvalue weighted by molar-refractivity contribution is 8.18. The van der Waals surface area contributed by atoms with Crippen molar-refractivity contribution >= 4 is 15.9 Å². The second-order valence-electron chi connectivity index (χ2n) is 1.07. The van der Waals surface area contributed by atoms with Crippen LogP contribution in [0.15, 0.2) is 11.5 Å². The maximum Gasteiger partial charge on any atom is -0.0195 e. The Morgan fingerprint density at radius 1 is 1.60 bits per heavy atom. The fraction of sp³-hybridized carbons (Fsp3) is 0.250. The van der Waals surface area contributed by atoms with Crippen molar-refractivity contribution < 1.29 is 0 Å². The van der Waals surface area contributed by atoms with Crippen LogP contribution in [0.4, 0.5) is 0 Å². The molecule has 0 aromatic carbocycles. The molecule has 1 atom stereocenters. The molecule has 1 aliphatic rings. The van der Waals surface area contributed by atoms with Gasteiger partial charge in [-0.3, -0.25) is 0 Å². The number of rotatable bonds is 0. The molecule has 0 radical (unpaired) electrons. The van der Waals surface area contributed by atoms with Crippen LogP contribution in [0.2, 0.25) is 0 Å². The first-order valence-corrected chi connectivity index (χ1v) is 3.31. The van der Waals surface area contributed by atoms with Crippen LogP contribution in [0.25, 0.3) is 0 Å². The molecule has 1 aliphatic heterocycles. The van der Waals surface area contributed by atoms with E-state index in [2.05, 4.69) is 23.1 Å². The molecule has 0 saturated heterocycles. The van der Waals surface area contributed by atoms with E-state index in [0.717, 1.165) is 0 Å². The fourth-order valence-electron chi connectivity index (χ4n) is 0.236. The van der Waals surface area contributed by atoms with Gasteiger partial charge in [0.15, 0.2) is 0 Å². The van der Waals surface area contributed by atoms with Crippen LogP contribution in [0.5, 0.6) is 0 Å². The van der Waals surface area contributed by atoms with E-state index >= 15 is 0 Å². The van der Waals surface area contributed by atoms with Crippen molar-refractivity contribution in [1.29, 1.82) is 0 Å². The highest BCUT2D eigenvalue weighted by Crippen LogP contribution is 2.12. The zero-order valence-corrected chi connectivity index (χ0v) is 3.96. The predicted molar refractivity (Wildman–Crippen MR) is 28.7 cm³/mol. The third-order valence-corrected chi connectivity index (χ3v) is 1.76. The Morgan fingerprint density at radius 3 is 2.00 bits per heavy atom. The molecule has 0 saturated carbocycles. The lowest BCUT2D eigenvalue weighted by atomic mass is 10.8. The van der Waals surface area contributed by atoms with E-state index in [1.54, 1.807) is 0 Å². The van der Waals surface area contributed by atoms with E-state index in [9.17, 15) is 0 Å². The van der Waals surface area contributed by atoms with Crippen molar-refractivity contribution in [3.05, 3.63) is 11.5 Å². The van der Waals surface area contributed by atoms with Crippen LogP contribution in [-0.2, 0) is 0 Å². The van der Waals surface area contributed by atoms with Gasteiger partial charge in [-0.05, 0) is 17.0 Å². The highest BCUT2D eigenvalue weighted by Gasteiger charge is 1.79. The van der Waals surface area contributed by atoms with Gasteiger partial charge in [0.2, 0.25) is 0 Å². The van der Waals surface area contributed by atoms with Gasteiger partial charge in [-0.25, -0.2) is 0 Å². The summed E-state index contributed by atoms with van der Waals surface area (Å²) in [4.78, 5) is 0. The van der Waals surface area contributed by atoms with Gasteiger partial charge in [-0.2, -0.15) is 10.5 Å². The number of allylic oxidation sites excluding steroid dienone is 1. The van der Waals surface area contributed by atoms with Gasteiger partial charge in [0.05, 0.1) is 0 Å². The molecular formula is C4H6S. The second kappa shape index (κ2) is 0.977. The average molecular weight is 86.2 g/mol. The largest absolute Gasteiger partial charge is 0.165 e. The molecule has 0 bridgehead atoms. The Balaban J connectivity index is 2.60. The topological polar surface area (TPSA) is 0 Å². The molecule has 28 valence electrons. The van der Waals surface area contributed by atoms with E-state index in [4.69, 9.17) is 0 Å². The summed E-state index contributed by atoms with van der Waals surface area (Å²) in [5.74, 6) is 0. The van der Waals surface area contributed by atoms with E-state index in [0.29, 0.717) is 10.5 Å². The minimum Gasteiger partial charge on any atom is -0.165 e. The van der Waals surface area contributed by atoms with Crippen molar-refractivity contribution in [1.82, 2.24) is 0 Å². The Labute approximate surface area is 34.4 Å². The Morgan fingerprint density at radius 2 is 2.00 bits per heavy atom. The number of hydrogen-bond acceptors (Lipinski definition) is 0. The molecule has 0 aliphatic carbocycles. The van der Waals surface area contributed by atoms with Gasteiger partial charge in [0.1, 0.15) is 0 Å². The van der Waals surface area contributed by atoms with Crippen molar-refractivity contribution in [2.24, 2.45) is 0 Å². The van der Waals surface area contributed by atoms with Gasteiger partial charge in [-0.15, -0.1) is 0 Å². The van der Waals surface area contributed by atoms with Gasteiger partial charge in [0.25, 0.3) is 0 Å². The molecule has 5 heavy (non-hydrogen) atoms. The van der Waals surface area contributed by atoms with Crippen molar-refractivity contribution in [2.75, 3.05) is 6.26 Å². The first kappa shape index (κ1) is 3.16. The summed E-state index contributed by atoms with van der Waals surface area (Å²) >= 11 is 0. The lowest BCUT2D eigenvalue weighted by Crippen LogP contribution is -1.72. The molecule has 1 heteroatoms. The summed E-state index contributed by atoms with van der Waals surface area (Å²) < 4.78 is 0. The highest BCUT2D eigenvalue weighted by atomic mass is 32.2. The average Bonchev–Trinajstić information content (AvgIpc) is 1.30. The molecule has 0 fully saturated rings. The normalized spacial score (nSPS) is 31.8. The minimum atomic E-state index is 0.552. The molecule has 1 rings (SSSR count). The third kappa shape index (κ3) is 0.428. The summed E-state index contributed by atoms with van der Waals surface area (Å²) in [7, 11) is 0.552. The van der Waals surface area contributed by atoms with Crippen molar-refractivity contribution in [3.63, 3.8) is 0 Å². The molecule has 1 heterocycles. The Kier molecular flexibility index (Phi) is 0.618. The third-order valence-electron chi connectivity index (χ3n) is 0.586. The van der Waals surface area contributed by atoms with E-state index in [1.165, 1.54) is 0 Å². The smallest absolute Gasteiger partial charge is 0.0195 e. The lowest BCUT2D eigenvalue weighted by Gasteiger charge is -1.95. The van der Waals surface area contributed by atoms with Gasteiger partial charge in [0, 0.05) is 0 Å². The summed E-state index contributed by atoms with van der Waals surface area (Å²) in [5.41, 5.74) is 0. The second-order valence-corrected chi connectivity index (χ2v) is 2.83. The SMILES string of the molecule is CS1=CC=C1. The first-order valence-electron chi connectivity index (χ1n) is 1.55. The molecule has 0 aromatic heterocycles. The zero-order valence-electron chi connectivity index (χ0n) is 3.14. The van der Waals surface area contributed by atoms with Crippen molar-refractivity contribution in [2.45, 2.75) is 0 Å². The lowest BCUT2D eigenvalue weighted by molar-refractivity contribution is 2.33. The van der Waals surface area contributed by atoms with Gasteiger partial charge < -0.3 is 0 Å². The molecule has 0 N–H and O–H groups in total. The summed E-state index contributed by atoms with van der Waals surface area (Å²) in [6, 6.07) is 0. The van der Waals surface area contributed by atoms with E-state index in [-0.39, 0.29) is 0 Å². The zero-order chi connectivity index (χ0) is 3.70. The van der Waals surface area contributed by atoms with Crippen molar-refractivity contribution in [3.8, 4) is 0 Å². The molecule has 1 unspecified atom stereocenters. The molecule has 0 aromatic rings.